The van der Waals surface area contributed by atoms with Crippen LogP contribution in [-0.2, 0) is 20.9 Å². The largest absolute Gasteiger partial charge is 0.466 e. The first-order valence-corrected chi connectivity index (χ1v) is 8.82. The van der Waals surface area contributed by atoms with Crippen molar-refractivity contribution in [2.24, 2.45) is 4.99 Å². The fraction of sp³-hybridized carbons (Fsp3) is 0.118. The van der Waals surface area contributed by atoms with Crippen molar-refractivity contribution in [1.29, 1.82) is 0 Å². The van der Waals surface area contributed by atoms with E-state index in [-0.39, 0.29) is 5.91 Å². The van der Waals surface area contributed by atoms with Crippen LogP contribution in [0.3, 0.4) is 0 Å². The maximum Gasteiger partial charge on any atom is 0.331 e. The molecule has 0 radical (unpaired) electrons. The van der Waals surface area contributed by atoms with Gasteiger partial charge in [0.2, 0.25) is 0 Å². The Kier molecular flexibility index (Phi) is 5.12. The molecule has 1 saturated heterocycles. The Bertz CT molecular complexity index is 799. The van der Waals surface area contributed by atoms with Gasteiger partial charge in [-0.25, -0.2) is 9.79 Å². The number of hydrogen-bond donors (Lipinski definition) is 0. The monoisotopic (exact) mass is 358 g/mol. The number of thioether (sulfide) groups is 1. The van der Waals surface area contributed by atoms with Gasteiger partial charge in [0.15, 0.2) is 5.17 Å². The lowest BCUT2D eigenvalue weighted by Gasteiger charge is -2.14. The second-order valence-electron chi connectivity index (χ2n) is 4.83. The first-order valence-electron chi connectivity index (χ1n) is 7.13. The number of methoxy groups -OCH3 is 1. The van der Waals surface area contributed by atoms with Crippen LogP contribution in [0, 0.1) is 0 Å². The first kappa shape index (κ1) is 16.5. The number of nitrogens with zero attached hydrogens (tertiary/aromatic N) is 2. The molecule has 3 rings (SSSR count). The van der Waals surface area contributed by atoms with Crippen LogP contribution < -0.4 is 0 Å². The number of rotatable bonds is 4. The molecule has 1 aliphatic rings. The molecule has 0 bridgehead atoms. The topological polar surface area (TPSA) is 59.0 Å². The highest BCUT2D eigenvalue weighted by atomic mass is 32.2. The molecule has 1 amide bonds. The van der Waals surface area contributed by atoms with E-state index in [1.165, 1.54) is 24.9 Å². The molecule has 0 unspecified atom stereocenters. The second kappa shape index (κ2) is 7.46. The Morgan fingerprint density at radius 1 is 1.25 bits per heavy atom. The molecule has 0 saturated carbocycles. The van der Waals surface area contributed by atoms with Crippen LogP contribution in [0.2, 0.25) is 0 Å². The molecule has 24 heavy (non-hydrogen) atoms. The average molecular weight is 358 g/mol. The van der Waals surface area contributed by atoms with Gasteiger partial charge >= 0.3 is 5.97 Å². The number of carbonyl (C=O) groups is 2. The molecular weight excluding hydrogens is 344 g/mol. The second-order valence-corrected chi connectivity index (χ2v) is 6.88. The van der Waals surface area contributed by atoms with Crippen LogP contribution >= 0.6 is 23.1 Å². The van der Waals surface area contributed by atoms with Gasteiger partial charge in [0.05, 0.1) is 24.2 Å². The van der Waals surface area contributed by atoms with Gasteiger partial charge in [-0.2, -0.15) is 0 Å². The summed E-state index contributed by atoms with van der Waals surface area (Å²) in [6, 6.07) is 13.3. The lowest BCUT2D eigenvalue weighted by atomic mass is 10.3. The summed E-state index contributed by atoms with van der Waals surface area (Å²) in [7, 11) is 1.28. The van der Waals surface area contributed by atoms with Crippen molar-refractivity contribution in [3.63, 3.8) is 0 Å². The van der Waals surface area contributed by atoms with Gasteiger partial charge in [0.1, 0.15) is 0 Å². The molecule has 1 aliphatic heterocycles. The van der Waals surface area contributed by atoms with Crippen molar-refractivity contribution in [3.8, 4) is 0 Å². The van der Waals surface area contributed by atoms with E-state index < -0.39 is 5.97 Å². The molecule has 0 aliphatic carbocycles. The molecule has 5 nitrogen and oxygen atoms in total. The van der Waals surface area contributed by atoms with E-state index in [1.807, 2.05) is 47.8 Å². The van der Waals surface area contributed by atoms with Gasteiger partial charge in [-0.1, -0.05) is 24.3 Å². The van der Waals surface area contributed by atoms with Crippen molar-refractivity contribution in [2.75, 3.05) is 7.11 Å². The molecule has 1 fully saturated rings. The van der Waals surface area contributed by atoms with Crippen molar-refractivity contribution < 1.29 is 14.3 Å². The van der Waals surface area contributed by atoms with Gasteiger partial charge in [0, 0.05) is 11.0 Å². The van der Waals surface area contributed by atoms with Gasteiger partial charge in [0.25, 0.3) is 5.91 Å². The smallest absolute Gasteiger partial charge is 0.331 e. The minimum atomic E-state index is -0.553. The highest BCUT2D eigenvalue weighted by molar-refractivity contribution is 8.18. The van der Waals surface area contributed by atoms with Crippen LogP contribution in [0.4, 0.5) is 5.69 Å². The zero-order valence-electron chi connectivity index (χ0n) is 12.8. The summed E-state index contributed by atoms with van der Waals surface area (Å²) in [5, 5.41) is 2.51. The number of amides is 1. The Hall–Kier alpha value is -2.38. The van der Waals surface area contributed by atoms with Crippen molar-refractivity contribution in [1.82, 2.24) is 4.90 Å². The van der Waals surface area contributed by atoms with Crippen molar-refractivity contribution >= 4 is 45.8 Å². The molecule has 1 aromatic heterocycles. The van der Waals surface area contributed by atoms with Crippen LogP contribution in [0.15, 0.2) is 63.8 Å². The lowest BCUT2D eigenvalue weighted by molar-refractivity contribution is -0.135. The highest BCUT2D eigenvalue weighted by Crippen LogP contribution is 2.34. The number of benzene rings is 1. The number of hydrogen-bond acceptors (Lipinski definition) is 6. The molecule has 0 spiro atoms. The number of ether oxygens (including phenoxy) is 1. The summed E-state index contributed by atoms with van der Waals surface area (Å²) in [6.45, 7) is 0.424. The number of thiophene rings is 1. The third kappa shape index (κ3) is 3.74. The van der Waals surface area contributed by atoms with Crippen molar-refractivity contribution in [3.05, 3.63) is 63.7 Å². The van der Waals surface area contributed by atoms with Crippen LogP contribution in [0.25, 0.3) is 0 Å². The first-order chi connectivity index (χ1) is 11.7. The lowest BCUT2D eigenvalue weighted by Crippen LogP contribution is -2.28. The zero-order valence-corrected chi connectivity index (χ0v) is 14.5. The Balaban J connectivity index is 1.94. The molecule has 7 heteroatoms. The van der Waals surface area contributed by atoms with E-state index in [1.54, 1.807) is 16.2 Å². The van der Waals surface area contributed by atoms with Gasteiger partial charge in [-0.15, -0.1) is 11.3 Å². The van der Waals surface area contributed by atoms with E-state index in [9.17, 15) is 9.59 Å². The number of carbonyl (C=O) groups excluding carboxylic acids is 2. The summed E-state index contributed by atoms with van der Waals surface area (Å²) >= 11 is 2.75. The maximum absolute atomic E-state index is 12.6. The summed E-state index contributed by atoms with van der Waals surface area (Å²) in [5.74, 6) is -0.795. The molecule has 0 atom stereocenters. The molecule has 0 N–H and O–H groups in total. The molecule has 2 heterocycles. The molecule has 122 valence electrons. The Morgan fingerprint density at radius 2 is 2.04 bits per heavy atom. The fourth-order valence-corrected chi connectivity index (χ4v) is 3.72. The third-order valence-corrected chi connectivity index (χ3v) is 5.08. The average Bonchev–Trinajstić information content (AvgIpc) is 3.20. The summed E-state index contributed by atoms with van der Waals surface area (Å²) in [5.41, 5.74) is 0.753. The SMILES string of the molecule is COC(=O)/C=C1\SC(=Nc2ccccc2)N(Cc2cccs2)C1=O. The number of para-hydroxylation sites is 1. The van der Waals surface area contributed by atoms with Gasteiger partial charge in [-0.3, -0.25) is 9.69 Å². The van der Waals surface area contributed by atoms with Crippen LogP contribution in [-0.4, -0.2) is 29.1 Å². The van der Waals surface area contributed by atoms with E-state index in [4.69, 9.17) is 0 Å². The van der Waals surface area contributed by atoms with E-state index in [2.05, 4.69) is 9.73 Å². The summed E-state index contributed by atoms with van der Waals surface area (Å²) in [6.07, 6.45) is 1.21. The highest BCUT2D eigenvalue weighted by Gasteiger charge is 2.34. The van der Waals surface area contributed by atoms with E-state index >= 15 is 0 Å². The fourth-order valence-electron chi connectivity index (χ4n) is 2.07. The third-order valence-electron chi connectivity index (χ3n) is 3.21. The van der Waals surface area contributed by atoms with Crippen molar-refractivity contribution in [2.45, 2.75) is 6.54 Å². The number of amidine groups is 1. The van der Waals surface area contributed by atoms with Crippen LogP contribution in [0.5, 0.6) is 0 Å². The van der Waals surface area contributed by atoms with Gasteiger partial charge < -0.3 is 4.74 Å². The zero-order chi connectivity index (χ0) is 16.9. The maximum atomic E-state index is 12.6. The number of aliphatic imine (C=N–C) groups is 1. The minimum absolute atomic E-state index is 0.242. The normalized spacial score (nSPS) is 17.7. The Morgan fingerprint density at radius 3 is 2.71 bits per heavy atom. The predicted octanol–water partition coefficient (Wildman–Crippen LogP) is 3.57. The standard InChI is InChI=1S/C17H14N2O3S2/c1-22-15(20)10-14-16(21)19(11-13-8-5-9-23-13)17(24-14)18-12-6-3-2-4-7-12/h2-10H,11H2,1H3/b14-10-,18-17?. The Labute approximate surface area is 147 Å². The molecule has 2 aromatic rings. The number of esters is 1. The quantitative estimate of drug-likeness (QED) is 0.619. The van der Waals surface area contributed by atoms with E-state index in [0.717, 1.165) is 10.6 Å². The summed E-state index contributed by atoms with van der Waals surface area (Å²) < 4.78 is 4.62. The van der Waals surface area contributed by atoms with Crippen LogP contribution in [0.1, 0.15) is 4.88 Å². The predicted molar refractivity (Wildman–Crippen MR) is 96.1 cm³/mol. The summed E-state index contributed by atoms with van der Waals surface area (Å²) in [4.78, 5) is 31.6. The molecule has 1 aromatic carbocycles. The van der Waals surface area contributed by atoms with Gasteiger partial charge in [-0.05, 0) is 35.3 Å². The van der Waals surface area contributed by atoms with E-state index in [0.29, 0.717) is 16.6 Å². The molecular formula is C17H14N2O3S2. The minimum Gasteiger partial charge on any atom is -0.466 e.